The molecule has 3 heteroatoms. The van der Waals surface area contributed by atoms with Crippen LogP contribution in [-0.2, 0) is 0 Å². The van der Waals surface area contributed by atoms with Gasteiger partial charge in [0.2, 0.25) is 0 Å². The lowest BCUT2D eigenvalue weighted by Crippen LogP contribution is -2.02. The van der Waals surface area contributed by atoms with E-state index < -0.39 is 0 Å². The molecule has 0 N–H and O–H groups in total. The molecule has 9 heavy (non-hydrogen) atoms. The Morgan fingerprint density at radius 3 is 2.56 bits per heavy atom. The van der Waals surface area contributed by atoms with E-state index in [1.807, 2.05) is 0 Å². The predicted octanol–water partition coefficient (Wildman–Crippen LogP) is 1.27. The molecule has 0 bridgehead atoms. The van der Waals surface area contributed by atoms with Crippen LogP contribution >= 0.6 is 11.6 Å². The number of rotatable bonds is 0. The van der Waals surface area contributed by atoms with E-state index in [4.69, 9.17) is 11.6 Å². The summed E-state index contributed by atoms with van der Waals surface area (Å²) in [6.07, 6.45) is 0. The number of benzene rings is 1. The van der Waals surface area contributed by atoms with Crippen LogP contribution in [0.1, 0.15) is 0 Å². The SMILES string of the molecule is Fc1ccc([Si])c(Cl)c1. The molecule has 3 radical (unpaired) electrons. The molecule has 0 aliphatic heterocycles. The smallest absolute Gasteiger partial charge is 0.124 e. The average molecular weight is 158 g/mol. The summed E-state index contributed by atoms with van der Waals surface area (Å²) < 4.78 is 12.2. The quantitative estimate of drug-likeness (QED) is 0.498. The number of hydrogen-bond donors (Lipinski definition) is 0. The van der Waals surface area contributed by atoms with Gasteiger partial charge < -0.3 is 0 Å². The molecule has 45 valence electrons. The van der Waals surface area contributed by atoms with E-state index in [1.165, 1.54) is 12.1 Å². The zero-order chi connectivity index (χ0) is 6.85. The first kappa shape index (κ1) is 6.77. The third-order valence-corrected chi connectivity index (χ3v) is 1.84. The summed E-state index contributed by atoms with van der Waals surface area (Å²) in [5.74, 6) is -0.318. The van der Waals surface area contributed by atoms with Gasteiger partial charge in [0.15, 0.2) is 0 Å². The van der Waals surface area contributed by atoms with Crippen LogP contribution < -0.4 is 5.19 Å². The van der Waals surface area contributed by atoms with E-state index in [9.17, 15) is 4.39 Å². The molecule has 0 nitrogen and oxygen atoms in total. The molecule has 0 atom stereocenters. The standard InChI is InChI=1S/C6H3ClFSi/c7-5-3-4(8)1-2-6(5)9/h1-3H. The fraction of sp³-hybridized carbons (Fsp3) is 0. The lowest BCUT2D eigenvalue weighted by molar-refractivity contribution is 0.628. The maximum atomic E-state index is 12.2. The van der Waals surface area contributed by atoms with Crippen LogP contribution in [0.4, 0.5) is 4.39 Å². The molecule has 0 aromatic heterocycles. The molecule has 0 aliphatic carbocycles. The topological polar surface area (TPSA) is 0 Å². The van der Waals surface area contributed by atoms with Gasteiger partial charge >= 0.3 is 0 Å². The van der Waals surface area contributed by atoms with Crippen molar-refractivity contribution in [3.05, 3.63) is 29.0 Å². The Labute approximate surface area is 61.1 Å². The van der Waals surface area contributed by atoms with Crippen LogP contribution in [0.25, 0.3) is 0 Å². The van der Waals surface area contributed by atoms with Gasteiger partial charge in [-0.05, 0) is 17.3 Å². The summed E-state index contributed by atoms with van der Waals surface area (Å²) in [4.78, 5) is 0. The molecule has 1 aromatic rings. The summed E-state index contributed by atoms with van der Waals surface area (Å²) in [6, 6.07) is 4.16. The van der Waals surface area contributed by atoms with Crippen LogP contribution in [0.3, 0.4) is 0 Å². The van der Waals surface area contributed by atoms with Gasteiger partial charge in [-0.1, -0.05) is 17.7 Å². The second-order valence-corrected chi connectivity index (χ2v) is 2.57. The largest absolute Gasteiger partial charge is 0.207 e. The second kappa shape index (κ2) is 2.50. The van der Waals surface area contributed by atoms with Crippen LogP contribution in [-0.4, -0.2) is 10.2 Å². The van der Waals surface area contributed by atoms with Crippen molar-refractivity contribution in [3.8, 4) is 0 Å². The van der Waals surface area contributed by atoms with E-state index in [0.717, 1.165) is 0 Å². The molecular weight excluding hydrogens is 155 g/mol. The molecule has 1 rings (SSSR count). The Morgan fingerprint density at radius 2 is 2.11 bits per heavy atom. The molecule has 1 aromatic carbocycles. The van der Waals surface area contributed by atoms with E-state index >= 15 is 0 Å². The summed E-state index contributed by atoms with van der Waals surface area (Å²) in [7, 11) is 3.18. The molecule has 0 amide bonds. The molecular formula is C6H3ClFSi. The van der Waals surface area contributed by atoms with Gasteiger partial charge in [0.05, 0.1) is 10.2 Å². The molecule has 0 saturated carbocycles. The lowest BCUT2D eigenvalue weighted by atomic mass is 10.3. The summed E-state index contributed by atoms with van der Waals surface area (Å²) in [6.45, 7) is 0. The summed E-state index contributed by atoms with van der Waals surface area (Å²) in [5, 5.41) is 1.10. The first-order valence-electron chi connectivity index (χ1n) is 2.37. The zero-order valence-corrected chi connectivity index (χ0v) is 6.24. The van der Waals surface area contributed by atoms with Crippen molar-refractivity contribution in [1.29, 1.82) is 0 Å². The van der Waals surface area contributed by atoms with Gasteiger partial charge in [0.1, 0.15) is 5.82 Å². The minimum atomic E-state index is -0.318. The first-order chi connectivity index (χ1) is 4.20. The Morgan fingerprint density at radius 1 is 1.44 bits per heavy atom. The van der Waals surface area contributed by atoms with Crippen molar-refractivity contribution in [2.45, 2.75) is 0 Å². The molecule has 0 unspecified atom stereocenters. The first-order valence-corrected chi connectivity index (χ1v) is 3.24. The van der Waals surface area contributed by atoms with Gasteiger partial charge in [0, 0.05) is 5.02 Å². The van der Waals surface area contributed by atoms with Crippen molar-refractivity contribution in [2.75, 3.05) is 0 Å². The molecule has 0 spiro atoms. The maximum absolute atomic E-state index is 12.2. The number of halogens is 2. The number of hydrogen-bond acceptors (Lipinski definition) is 0. The van der Waals surface area contributed by atoms with Crippen molar-refractivity contribution >= 4 is 27.0 Å². The average Bonchev–Trinajstić information content (AvgIpc) is 1.80. The van der Waals surface area contributed by atoms with Gasteiger partial charge in [-0.25, -0.2) is 4.39 Å². The summed E-state index contributed by atoms with van der Waals surface area (Å²) in [5.41, 5.74) is 0. The van der Waals surface area contributed by atoms with E-state index in [0.29, 0.717) is 10.2 Å². The van der Waals surface area contributed by atoms with Crippen molar-refractivity contribution in [2.24, 2.45) is 0 Å². The van der Waals surface area contributed by atoms with E-state index in [2.05, 4.69) is 10.2 Å². The van der Waals surface area contributed by atoms with Crippen LogP contribution in [0.2, 0.25) is 5.02 Å². The highest BCUT2D eigenvalue weighted by molar-refractivity contribution is 6.44. The van der Waals surface area contributed by atoms with Gasteiger partial charge in [0.25, 0.3) is 0 Å². The minimum absolute atomic E-state index is 0.318. The molecule has 0 fully saturated rings. The van der Waals surface area contributed by atoms with Gasteiger partial charge in [-0.2, -0.15) is 0 Å². The van der Waals surface area contributed by atoms with Crippen molar-refractivity contribution in [3.63, 3.8) is 0 Å². The lowest BCUT2D eigenvalue weighted by Gasteiger charge is -1.93. The van der Waals surface area contributed by atoms with Gasteiger partial charge in [-0.3, -0.25) is 0 Å². The Kier molecular flexibility index (Phi) is 1.88. The monoisotopic (exact) mass is 157 g/mol. The third-order valence-electron chi connectivity index (χ3n) is 0.931. The molecule has 0 saturated heterocycles. The molecule has 0 aliphatic rings. The van der Waals surface area contributed by atoms with E-state index in [-0.39, 0.29) is 5.82 Å². The predicted molar refractivity (Wildman–Crippen MR) is 36.8 cm³/mol. The van der Waals surface area contributed by atoms with Crippen molar-refractivity contribution < 1.29 is 4.39 Å². The second-order valence-electron chi connectivity index (χ2n) is 1.62. The van der Waals surface area contributed by atoms with Crippen LogP contribution in [0.15, 0.2) is 18.2 Å². The third kappa shape index (κ3) is 1.53. The van der Waals surface area contributed by atoms with Crippen LogP contribution in [0.5, 0.6) is 0 Å². The maximum Gasteiger partial charge on any atom is 0.124 e. The van der Waals surface area contributed by atoms with Crippen LogP contribution in [0, 0.1) is 5.82 Å². The highest BCUT2D eigenvalue weighted by Gasteiger charge is 1.94. The van der Waals surface area contributed by atoms with Crippen molar-refractivity contribution in [1.82, 2.24) is 0 Å². The molecule has 0 heterocycles. The fourth-order valence-corrected chi connectivity index (χ4v) is 0.812. The highest BCUT2D eigenvalue weighted by Crippen LogP contribution is 2.05. The fourth-order valence-electron chi connectivity index (χ4n) is 0.489. The zero-order valence-electron chi connectivity index (χ0n) is 4.49. The highest BCUT2D eigenvalue weighted by atomic mass is 35.5. The Bertz CT molecular complexity index is 224. The van der Waals surface area contributed by atoms with Gasteiger partial charge in [-0.15, -0.1) is 0 Å². The minimum Gasteiger partial charge on any atom is -0.207 e. The van der Waals surface area contributed by atoms with E-state index in [1.54, 1.807) is 6.07 Å². The summed E-state index contributed by atoms with van der Waals surface area (Å²) >= 11 is 5.53. The Hall–Kier alpha value is -0.343. The normalized spacial score (nSPS) is 9.67. The Balaban J connectivity index is 3.17.